The van der Waals surface area contributed by atoms with Gasteiger partial charge in [-0.1, -0.05) is 41.1 Å². The van der Waals surface area contributed by atoms with Gasteiger partial charge in [0.15, 0.2) is 0 Å². The summed E-state index contributed by atoms with van der Waals surface area (Å²) in [6.07, 6.45) is 1.98. The largest absolute Gasteiger partial charge is 0.384 e. The number of rotatable bonds is 3. The first kappa shape index (κ1) is 12.3. The molecule has 1 atom stereocenters. The van der Waals surface area contributed by atoms with Crippen molar-refractivity contribution in [1.29, 1.82) is 0 Å². The molecule has 0 spiro atoms. The maximum Gasteiger partial charge on any atom is 0.106 e. The van der Waals surface area contributed by atoms with E-state index in [0.717, 1.165) is 27.7 Å². The summed E-state index contributed by atoms with van der Waals surface area (Å²) in [5.74, 6) is 0. The molecule has 0 saturated carbocycles. The van der Waals surface area contributed by atoms with E-state index < -0.39 is 6.10 Å². The van der Waals surface area contributed by atoms with Gasteiger partial charge in [-0.3, -0.25) is 4.98 Å². The van der Waals surface area contributed by atoms with Crippen LogP contribution in [0.3, 0.4) is 0 Å². The molecule has 0 aliphatic heterocycles. The van der Waals surface area contributed by atoms with E-state index in [2.05, 4.69) is 20.9 Å². The number of aliphatic hydroxyl groups excluding tert-OH is 1. The quantitative estimate of drug-likeness (QED) is 0.939. The molecule has 3 heteroatoms. The standard InChI is InChI=1S/C14H14BrNO/c1-2-13-12(4-3-9-16-13)14(17)10-5-7-11(15)8-6-10/h3-9,14,17H,2H2,1H3. The number of aromatic nitrogens is 1. The van der Waals surface area contributed by atoms with Gasteiger partial charge >= 0.3 is 0 Å². The van der Waals surface area contributed by atoms with Gasteiger partial charge in [-0.25, -0.2) is 0 Å². The van der Waals surface area contributed by atoms with Gasteiger partial charge in [-0.05, 0) is 30.2 Å². The van der Waals surface area contributed by atoms with E-state index in [4.69, 9.17) is 0 Å². The second kappa shape index (κ2) is 5.43. The third-order valence-corrected chi connectivity index (χ3v) is 3.27. The summed E-state index contributed by atoms with van der Waals surface area (Å²) in [4.78, 5) is 4.29. The molecule has 2 nitrogen and oxygen atoms in total. The Balaban J connectivity index is 2.36. The fraction of sp³-hybridized carbons (Fsp3) is 0.214. The summed E-state index contributed by atoms with van der Waals surface area (Å²) < 4.78 is 1.01. The summed E-state index contributed by atoms with van der Waals surface area (Å²) >= 11 is 3.38. The third-order valence-electron chi connectivity index (χ3n) is 2.74. The molecule has 0 radical (unpaired) electrons. The van der Waals surface area contributed by atoms with E-state index in [-0.39, 0.29) is 0 Å². The number of hydrogen-bond acceptors (Lipinski definition) is 2. The van der Waals surface area contributed by atoms with E-state index in [1.165, 1.54) is 0 Å². The molecular weight excluding hydrogens is 278 g/mol. The fourth-order valence-corrected chi connectivity index (χ4v) is 2.08. The van der Waals surface area contributed by atoms with Crippen molar-refractivity contribution in [3.8, 4) is 0 Å². The Morgan fingerprint density at radius 2 is 1.94 bits per heavy atom. The number of benzene rings is 1. The zero-order valence-corrected chi connectivity index (χ0v) is 11.2. The van der Waals surface area contributed by atoms with Crippen molar-refractivity contribution in [2.45, 2.75) is 19.4 Å². The average Bonchev–Trinajstić information content (AvgIpc) is 2.39. The Hall–Kier alpha value is -1.19. The average molecular weight is 292 g/mol. The van der Waals surface area contributed by atoms with Gasteiger partial charge in [0.2, 0.25) is 0 Å². The fourth-order valence-electron chi connectivity index (χ4n) is 1.82. The van der Waals surface area contributed by atoms with Crippen molar-refractivity contribution in [3.63, 3.8) is 0 Å². The number of pyridine rings is 1. The molecule has 0 aliphatic carbocycles. The van der Waals surface area contributed by atoms with Crippen molar-refractivity contribution in [2.24, 2.45) is 0 Å². The number of halogens is 1. The van der Waals surface area contributed by atoms with Crippen molar-refractivity contribution in [2.75, 3.05) is 0 Å². The first-order chi connectivity index (χ1) is 8.22. The predicted molar refractivity (Wildman–Crippen MR) is 71.8 cm³/mol. The van der Waals surface area contributed by atoms with Crippen LogP contribution in [-0.2, 0) is 6.42 Å². The number of nitrogens with zero attached hydrogens (tertiary/aromatic N) is 1. The number of hydrogen-bond donors (Lipinski definition) is 1. The van der Waals surface area contributed by atoms with Crippen LogP contribution in [0.2, 0.25) is 0 Å². The highest BCUT2D eigenvalue weighted by Crippen LogP contribution is 2.25. The molecule has 0 bridgehead atoms. The summed E-state index contributed by atoms with van der Waals surface area (Å²) in [7, 11) is 0. The van der Waals surface area contributed by atoms with Crippen LogP contribution in [0.4, 0.5) is 0 Å². The predicted octanol–water partition coefficient (Wildman–Crippen LogP) is 3.49. The SMILES string of the molecule is CCc1ncccc1C(O)c1ccc(Br)cc1. The van der Waals surface area contributed by atoms with Gasteiger partial charge in [0.1, 0.15) is 6.10 Å². The molecule has 17 heavy (non-hydrogen) atoms. The summed E-state index contributed by atoms with van der Waals surface area (Å²) in [5.41, 5.74) is 2.72. The van der Waals surface area contributed by atoms with Crippen LogP contribution in [-0.4, -0.2) is 10.1 Å². The summed E-state index contributed by atoms with van der Waals surface area (Å²) in [6, 6.07) is 11.5. The minimum absolute atomic E-state index is 0.605. The van der Waals surface area contributed by atoms with Crippen LogP contribution in [0.1, 0.15) is 29.8 Å². The van der Waals surface area contributed by atoms with E-state index in [9.17, 15) is 5.11 Å². The lowest BCUT2D eigenvalue weighted by Crippen LogP contribution is -2.04. The lowest BCUT2D eigenvalue weighted by Gasteiger charge is -2.14. The van der Waals surface area contributed by atoms with Crippen LogP contribution in [0.5, 0.6) is 0 Å². The van der Waals surface area contributed by atoms with Crippen LogP contribution in [0.15, 0.2) is 47.1 Å². The van der Waals surface area contributed by atoms with Gasteiger partial charge in [0, 0.05) is 21.9 Å². The molecule has 1 heterocycles. The second-order valence-electron chi connectivity index (χ2n) is 3.85. The molecule has 2 rings (SSSR count). The summed E-state index contributed by atoms with van der Waals surface area (Å²) in [6.45, 7) is 2.04. The molecular formula is C14H14BrNO. The highest BCUT2D eigenvalue weighted by Gasteiger charge is 2.13. The van der Waals surface area contributed by atoms with E-state index in [1.807, 2.05) is 43.3 Å². The molecule has 2 aromatic rings. The van der Waals surface area contributed by atoms with Gasteiger partial charge in [-0.2, -0.15) is 0 Å². The molecule has 0 fully saturated rings. The molecule has 0 aliphatic rings. The molecule has 88 valence electrons. The topological polar surface area (TPSA) is 33.1 Å². The molecule has 1 aromatic carbocycles. The summed E-state index contributed by atoms with van der Waals surface area (Å²) in [5, 5.41) is 10.3. The Morgan fingerprint density at radius 1 is 1.24 bits per heavy atom. The number of aliphatic hydroxyl groups is 1. The molecule has 1 unspecified atom stereocenters. The Labute approximate surface area is 109 Å². The minimum atomic E-state index is -0.605. The molecule has 0 saturated heterocycles. The normalized spacial score (nSPS) is 12.4. The minimum Gasteiger partial charge on any atom is -0.384 e. The van der Waals surface area contributed by atoms with Crippen molar-refractivity contribution >= 4 is 15.9 Å². The van der Waals surface area contributed by atoms with Crippen LogP contribution in [0.25, 0.3) is 0 Å². The first-order valence-electron chi connectivity index (χ1n) is 5.59. The zero-order valence-electron chi connectivity index (χ0n) is 9.60. The maximum absolute atomic E-state index is 10.3. The molecule has 0 amide bonds. The third kappa shape index (κ3) is 2.73. The highest BCUT2D eigenvalue weighted by atomic mass is 79.9. The van der Waals surface area contributed by atoms with E-state index in [0.29, 0.717) is 0 Å². The van der Waals surface area contributed by atoms with E-state index in [1.54, 1.807) is 6.20 Å². The Bertz CT molecular complexity index is 496. The van der Waals surface area contributed by atoms with Crippen LogP contribution < -0.4 is 0 Å². The van der Waals surface area contributed by atoms with Crippen LogP contribution in [0, 0.1) is 0 Å². The second-order valence-corrected chi connectivity index (χ2v) is 4.76. The van der Waals surface area contributed by atoms with Gasteiger partial charge in [-0.15, -0.1) is 0 Å². The van der Waals surface area contributed by atoms with Gasteiger partial charge in [0.05, 0.1) is 0 Å². The van der Waals surface area contributed by atoms with Gasteiger partial charge in [0.25, 0.3) is 0 Å². The smallest absolute Gasteiger partial charge is 0.106 e. The Kier molecular flexibility index (Phi) is 3.92. The first-order valence-corrected chi connectivity index (χ1v) is 6.39. The van der Waals surface area contributed by atoms with Crippen molar-refractivity contribution in [1.82, 2.24) is 4.98 Å². The monoisotopic (exact) mass is 291 g/mol. The lowest BCUT2D eigenvalue weighted by molar-refractivity contribution is 0.218. The van der Waals surface area contributed by atoms with Crippen molar-refractivity contribution in [3.05, 3.63) is 63.9 Å². The Morgan fingerprint density at radius 3 is 2.59 bits per heavy atom. The molecule has 1 aromatic heterocycles. The maximum atomic E-state index is 10.3. The number of aryl methyl sites for hydroxylation is 1. The lowest BCUT2D eigenvalue weighted by atomic mass is 9.99. The highest BCUT2D eigenvalue weighted by molar-refractivity contribution is 9.10. The van der Waals surface area contributed by atoms with E-state index >= 15 is 0 Å². The van der Waals surface area contributed by atoms with Crippen LogP contribution >= 0.6 is 15.9 Å². The molecule has 1 N–H and O–H groups in total. The van der Waals surface area contributed by atoms with Gasteiger partial charge < -0.3 is 5.11 Å². The zero-order chi connectivity index (χ0) is 12.3. The van der Waals surface area contributed by atoms with Crippen molar-refractivity contribution < 1.29 is 5.11 Å².